The number of benzene rings is 2. The lowest BCUT2D eigenvalue weighted by molar-refractivity contribution is -0.121. The molecule has 0 unspecified atom stereocenters. The number of rotatable bonds is 7. The summed E-state index contributed by atoms with van der Waals surface area (Å²) in [5.41, 5.74) is 2.09. The third-order valence-electron chi connectivity index (χ3n) is 5.81. The van der Waals surface area contributed by atoms with Crippen molar-refractivity contribution in [1.29, 1.82) is 0 Å². The molecule has 2 aliphatic heterocycles. The first kappa shape index (κ1) is 22.9. The quantitative estimate of drug-likeness (QED) is 0.350. The highest BCUT2D eigenvalue weighted by Crippen LogP contribution is 2.32. The normalized spacial score (nSPS) is 16.6. The van der Waals surface area contributed by atoms with Gasteiger partial charge in [-0.05, 0) is 42.8 Å². The molecule has 2 aliphatic rings. The smallest absolute Gasteiger partial charge is 0.338 e. The molecule has 4 rings (SSSR count). The Hall–Kier alpha value is -3.32. The van der Waals surface area contributed by atoms with Crippen molar-refractivity contribution in [2.24, 2.45) is 0 Å². The molecule has 0 saturated carbocycles. The summed E-state index contributed by atoms with van der Waals surface area (Å²) in [5.74, 6) is -1.43. The average molecular weight is 468 g/mol. The lowest BCUT2D eigenvalue weighted by Crippen LogP contribution is -2.47. The van der Waals surface area contributed by atoms with Crippen LogP contribution in [0, 0.1) is 0 Å². The molecule has 1 fully saturated rings. The van der Waals surface area contributed by atoms with Crippen LogP contribution >= 0.6 is 11.6 Å². The second-order valence-corrected chi connectivity index (χ2v) is 8.33. The molecule has 1 saturated heterocycles. The van der Waals surface area contributed by atoms with Gasteiger partial charge in [-0.2, -0.15) is 0 Å². The number of piperazine rings is 1. The van der Waals surface area contributed by atoms with Gasteiger partial charge in [0, 0.05) is 31.9 Å². The zero-order chi connectivity index (χ0) is 23.4. The zero-order valence-electron chi connectivity index (χ0n) is 18.5. The number of halogens is 1. The second kappa shape index (κ2) is 10.1. The summed E-state index contributed by atoms with van der Waals surface area (Å²) in [4.78, 5) is 43.3. The highest BCUT2D eigenvalue weighted by Gasteiger charge is 2.42. The molecule has 0 atom stereocenters. The number of ether oxygens (including phenoxy) is 1. The van der Waals surface area contributed by atoms with E-state index in [0.717, 1.165) is 23.4 Å². The van der Waals surface area contributed by atoms with Crippen molar-refractivity contribution < 1.29 is 19.1 Å². The number of imide groups is 1. The highest BCUT2D eigenvalue weighted by molar-refractivity contribution is 6.52. The van der Waals surface area contributed by atoms with Crippen LogP contribution in [0.1, 0.15) is 30.1 Å². The van der Waals surface area contributed by atoms with Crippen LogP contribution in [0.25, 0.3) is 0 Å². The molecule has 2 heterocycles. The summed E-state index contributed by atoms with van der Waals surface area (Å²) < 4.78 is 5.20. The predicted octanol–water partition coefficient (Wildman–Crippen LogP) is 3.79. The maximum absolute atomic E-state index is 13.2. The fourth-order valence-electron chi connectivity index (χ4n) is 3.97. The second-order valence-electron chi connectivity index (χ2n) is 7.95. The first-order valence-corrected chi connectivity index (χ1v) is 11.5. The van der Waals surface area contributed by atoms with Gasteiger partial charge in [0.15, 0.2) is 0 Å². The van der Waals surface area contributed by atoms with Gasteiger partial charge < -0.3 is 14.5 Å². The van der Waals surface area contributed by atoms with Crippen LogP contribution in [0.3, 0.4) is 0 Å². The summed E-state index contributed by atoms with van der Waals surface area (Å²) in [7, 11) is 0. The lowest BCUT2D eigenvalue weighted by Gasteiger charge is -2.37. The van der Waals surface area contributed by atoms with Gasteiger partial charge in [0.05, 0.1) is 17.9 Å². The summed E-state index contributed by atoms with van der Waals surface area (Å²) in [6.45, 7) is 4.97. The molecule has 0 N–H and O–H groups in total. The van der Waals surface area contributed by atoms with Gasteiger partial charge in [-0.3, -0.25) is 9.59 Å². The van der Waals surface area contributed by atoms with Crippen LogP contribution in [0.15, 0.2) is 65.3 Å². The van der Waals surface area contributed by atoms with Crippen molar-refractivity contribution in [3.8, 4) is 0 Å². The van der Waals surface area contributed by atoms with Gasteiger partial charge in [0.25, 0.3) is 11.8 Å². The number of amides is 2. The van der Waals surface area contributed by atoms with Crippen LogP contribution in [0.5, 0.6) is 0 Å². The van der Waals surface area contributed by atoms with E-state index in [2.05, 4.69) is 17.0 Å². The Balaban J connectivity index is 1.43. The van der Waals surface area contributed by atoms with Crippen LogP contribution in [-0.2, 0) is 14.3 Å². The van der Waals surface area contributed by atoms with Crippen molar-refractivity contribution in [2.45, 2.75) is 19.8 Å². The van der Waals surface area contributed by atoms with Crippen molar-refractivity contribution in [2.75, 3.05) is 42.6 Å². The molecule has 0 spiro atoms. The van der Waals surface area contributed by atoms with Crippen LogP contribution < -0.4 is 9.80 Å². The van der Waals surface area contributed by atoms with E-state index in [1.165, 1.54) is 0 Å². The Labute approximate surface area is 198 Å². The van der Waals surface area contributed by atoms with Gasteiger partial charge >= 0.3 is 5.97 Å². The van der Waals surface area contributed by atoms with E-state index in [9.17, 15) is 14.4 Å². The third-order valence-corrected chi connectivity index (χ3v) is 6.15. The zero-order valence-corrected chi connectivity index (χ0v) is 19.3. The maximum atomic E-state index is 13.2. The number of carbonyl (C=O) groups is 3. The van der Waals surface area contributed by atoms with E-state index in [1.807, 2.05) is 30.0 Å². The summed E-state index contributed by atoms with van der Waals surface area (Å²) in [6, 6.07) is 16.3. The number of nitrogens with zero attached hydrogens (tertiary/aromatic N) is 3. The maximum Gasteiger partial charge on any atom is 0.338 e. The average Bonchev–Trinajstić information content (AvgIpc) is 3.07. The molecule has 0 bridgehead atoms. The number of esters is 1. The predicted molar refractivity (Wildman–Crippen MR) is 127 cm³/mol. The number of unbranched alkanes of at least 4 members (excludes halogenated alkanes) is 1. The van der Waals surface area contributed by atoms with E-state index in [0.29, 0.717) is 44.0 Å². The summed E-state index contributed by atoms with van der Waals surface area (Å²) in [5, 5.41) is -0.0730. The first-order chi connectivity index (χ1) is 16.0. The van der Waals surface area contributed by atoms with E-state index in [1.54, 1.807) is 24.3 Å². The van der Waals surface area contributed by atoms with Gasteiger partial charge in [-0.15, -0.1) is 0 Å². The van der Waals surface area contributed by atoms with Crippen LogP contribution in [0.4, 0.5) is 11.4 Å². The molecule has 2 amide bonds. The lowest BCUT2D eigenvalue weighted by atomic mass is 10.2. The number of carbonyl (C=O) groups excluding carboxylic acids is 3. The van der Waals surface area contributed by atoms with Crippen LogP contribution in [0.2, 0.25) is 0 Å². The van der Waals surface area contributed by atoms with Crippen molar-refractivity contribution >= 4 is 40.8 Å². The number of anilines is 2. The topological polar surface area (TPSA) is 70.2 Å². The van der Waals surface area contributed by atoms with Crippen molar-refractivity contribution in [3.63, 3.8) is 0 Å². The Morgan fingerprint density at radius 2 is 1.52 bits per heavy atom. The molecule has 0 radical (unpaired) electrons. The molecule has 2 aromatic rings. The Kier molecular flexibility index (Phi) is 6.99. The molecular weight excluding hydrogens is 442 g/mol. The minimum atomic E-state index is -0.555. The highest BCUT2D eigenvalue weighted by atomic mass is 35.5. The minimum absolute atomic E-state index is 0.0730. The SMILES string of the molecule is CCCCOC(=O)c1ccc(N2C(=O)C(Cl)=C(N3CCN(c4ccccc4)CC3)C2=O)cc1. The molecule has 0 aromatic heterocycles. The Morgan fingerprint density at radius 3 is 2.15 bits per heavy atom. The molecule has 2 aromatic carbocycles. The Morgan fingerprint density at radius 1 is 0.879 bits per heavy atom. The van der Waals surface area contributed by atoms with Gasteiger partial charge in [-0.25, -0.2) is 9.69 Å². The van der Waals surface area contributed by atoms with E-state index in [4.69, 9.17) is 16.3 Å². The fourth-order valence-corrected chi connectivity index (χ4v) is 4.25. The Bertz CT molecular complexity index is 1060. The molecule has 33 heavy (non-hydrogen) atoms. The van der Waals surface area contributed by atoms with Gasteiger partial charge in [0.2, 0.25) is 0 Å². The number of para-hydroxylation sites is 1. The summed E-state index contributed by atoms with van der Waals surface area (Å²) in [6.07, 6.45) is 1.73. The molecule has 7 nitrogen and oxygen atoms in total. The fraction of sp³-hybridized carbons (Fsp3) is 0.320. The molecule has 8 heteroatoms. The van der Waals surface area contributed by atoms with E-state index >= 15 is 0 Å². The van der Waals surface area contributed by atoms with E-state index < -0.39 is 17.8 Å². The van der Waals surface area contributed by atoms with Crippen LogP contribution in [-0.4, -0.2) is 55.5 Å². The van der Waals surface area contributed by atoms with Gasteiger partial charge in [0.1, 0.15) is 10.7 Å². The first-order valence-electron chi connectivity index (χ1n) is 11.1. The number of hydrogen-bond acceptors (Lipinski definition) is 6. The monoisotopic (exact) mass is 467 g/mol. The summed E-state index contributed by atoms with van der Waals surface area (Å²) >= 11 is 6.35. The largest absolute Gasteiger partial charge is 0.462 e. The molecule has 172 valence electrons. The molecule has 0 aliphatic carbocycles. The van der Waals surface area contributed by atoms with E-state index in [-0.39, 0.29) is 10.7 Å². The standard InChI is InChI=1S/C25H26ClN3O4/c1-2-3-17-33-25(32)18-9-11-20(12-10-18)29-23(30)21(26)22(24(29)31)28-15-13-27(14-16-28)19-7-5-4-6-8-19/h4-12H,2-3,13-17H2,1H3. The third kappa shape index (κ3) is 4.73. The molecular formula is C25H26ClN3O4. The van der Waals surface area contributed by atoms with Gasteiger partial charge in [-0.1, -0.05) is 43.1 Å². The minimum Gasteiger partial charge on any atom is -0.462 e. The van der Waals surface area contributed by atoms with Crippen molar-refractivity contribution in [3.05, 3.63) is 70.9 Å². The van der Waals surface area contributed by atoms with Crippen molar-refractivity contribution in [1.82, 2.24) is 4.90 Å². The number of hydrogen-bond donors (Lipinski definition) is 0.